The number of carbonyl (C=O) groups is 1. The Balaban J connectivity index is 1.84. The van der Waals surface area contributed by atoms with E-state index in [1.54, 1.807) is 11.7 Å². The van der Waals surface area contributed by atoms with Crippen molar-refractivity contribution in [2.75, 3.05) is 7.11 Å². The van der Waals surface area contributed by atoms with Crippen LogP contribution in [-0.4, -0.2) is 27.7 Å². The van der Waals surface area contributed by atoms with E-state index in [1.807, 2.05) is 30.3 Å². The van der Waals surface area contributed by atoms with Crippen LogP contribution >= 0.6 is 0 Å². The first kappa shape index (κ1) is 16.1. The summed E-state index contributed by atoms with van der Waals surface area (Å²) in [6.07, 6.45) is 2.70. The Labute approximate surface area is 149 Å². The third-order valence-corrected chi connectivity index (χ3v) is 4.55. The molecule has 0 unspecified atom stereocenters. The number of aromatic carboxylic acids is 1. The maximum absolute atomic E-state index is 12.7. The minimum atomic E-state index is -1.04. The van der Waals surface area contributed by atoms with Gasteiger partial charge < -0.3 is 9.84 Å². The van der Waals surface area contributed by atoms with Crippen LogP contribution in [0, 0.1) is 0 Å². The molecule has 0 radical (unpaired) electrons. The van der Waals surface area contributed by atoms with Crippen LogP contribution < -0.4 is 10.3 Å². The Bertz CT molecular complexity index is 1110. The molecule has 0 saturated carbocycles. The highest BCUT2D eigenvalue weighted by Gasteiger charge is 2.21. The number of carboxylic acids is 1. The Kier molecular flexibility index (Phi) is 3.80. The monoisotopic (exact) mass is 348 g/mol. The van der Waals surface area contributed by atoms with E-state index >= 15 is 0 Å². The van der Waals surface area contributed by atoms with Crippen LogP contribution in [-0.2, 0) is 6.54 Å². The van der Waals surface area contributed by atoms with Gasteiger partial charge in [-0.25, -0.2) is 9.78 Å². The fraction of sp³-hybridized carbons (Fsp3) is 0.150. The molecule has 2 aromatic carbocycles. The van der Waals surface area contributed by atoms with Gasteiger partial charge in [-0.15, -0.1) is 0 Å². The zero-order valence-electron chi connectivity index (χ0n) is 14.1. The summed E-state index contributed by atoms with van der Waals surface area (Å²) in [4.78, 5) is 28.5. The van der Waals surface area contributed by atoms with Crippen molar-refractivity contribution in [1.82, 2.24) is 9.55 Å². The first-order valence-corrected chi connectivity index (χ1v) is 8.20. The van der Waals surface area contributed by atoms with Gasteiger partial charge in [0.15, 0.2) is 0 Å². The molecule has 6 nitrogen and oxygen atoms in total. The number of nitrogens with zero attached hydrogens (tertiary/aromatic N) is 2. The predicted octanol–water partition coefficient (Wildman–Crippen LogP) is 3.05. The number of hydrogen-bond acceptors (Lipinski definition) is 4. The minimum absolute atomic E-state index is 0.119. The van der Waals surface area contributed by atoms with Crippen molar-refractivity contribution >= 4 is 28.5 Å². The summed E-state index contributed by atoms with van der Waals surface area (Å²) >= 11 is 0. The van der Waals surface area contributed by atoms with Crippen molar-refractivity contribution in [3.8, 4) is 5.75 Å². The van der Waals surface area contributed by atoms with Crippen molar-refractivity contribution in [3.05, 3.63) is 69.8 Å². The molecule has 1 aliphatic rings. The smallest absolute Gasteiger partial charge is 0.335 e. The molecule has 2 heterocycles. The molecule has 0 saturated heterocycles. The number of fused-ring (bicyclic) bond motifs is 2. The largest absolute Gasteiger partial charge is 0.497 e. The summed E-state index contributed by atoms with van der Waals surface area (Å²) in [5, 5.41) is 9.60. The lowest BCUT2D eigenvalue weighted by atomic mass is 10.1. The number of rotatable bonds is 3. The van der Waals surface area contributed by atoms with E-state index in [0.29, 0.717) is 29.7 Å². The van der Waals surface area contributed by atoms with Crippen molar-refractivity contribution in [2.24, 2.45) is 0 Å². The normalized spacial score (nSPS) is 14.6. The molecule has 0 fully saturated rings. The molecule has 1 aliphatic heterocycles. The molecule has 0 aliphatic carbocycles. The van der Waals surface area contributed by atoms with Gasteiger partial charge >= 0.3 is 5.97 Å². The van der Waals surface area contributed by atoms with Crippen molar-refractivity contribution in [2.45, 2.75) is 13.0 Å². The van der Waals surface area contributed by atoms with Crippen LogP contribution in [0.3, 0.4) is 0 Å². The fourth-order valence-electron chi connectivity index (χ4n) is 3.19. The van der Waals surface area contributed by atoms with E-state index in [9.17, 15) is 9.59 Å². The molecule has 1 aromatic heterocycles. The van der Waals surface area contributed by atoms with E-state index in [4.69, 9.17) is 9.84 Å². The molecule has 0 bridgehead atoms. The highest BCUT2D eigenvalue weighted by Crippen LogP contribution is 2.28. The van der Waals surface area contributed by atoms with Gasteiger partial charge in [-0.05, 0) is 54.0 Å². The van der Waals surface area contributed by atoms with Gasteiger partial charge in [-0.1, -0.05) is 12.1 Å². The van der Waals surface area contributed by atoms with Crippen LogP contribution in [0.2, 0.25) is 0 Å². The number of aromatic nitrogens is 2. The van der Waals surface area contributed by atoms with Gasteiger partial charge in [-0.3, -0.25) is 9.36 Å². The number of ether oxygens (including phenoxy) is 1. The average Bonchev–Trinajstić information content (AvgIpc) is 3.05. The standard InChI is InChI=1S/C20H16N2O4/c1-26-15-5-2-12(3-6-15)10-13-8-9-22-18(13)21-17-11-14(20(24)25)4-7-16(17)19(22)23/h2-7,10-11H,8-9H2,1H3,(H,24,25). The lowest BCUT2D eigenvalue weighted by molar-refractivity contribution is 0.0697. The van der Waals surface area contributed by atoms with Crippen LogP contribution in [0.25, 0.3) is 22.6 Å². The maximum atomic E-state index is 12.7. The first-order valence-electron chi connectivity index (χ1n) is 8.20. The minimum Gasteiger partial charge on any atom is -0.497 e. The zero-order valence-corrected chi connectivity index (χ0v) is 14.1. The molecule has 6 heteroatoms. The van der Waals surface area contributed by atoms with Crippen molar-refractivity contribution in [1.29, 1.82) is 0 Å². The molecular formula is C20H16N2O4. The maximum Gasteiger partial charge on any atom is 0.335 e. The average molecular weight is 348 g/mol. The van der Waals surface area contributed by atoms with E-state index in [2.05, 4.69) is 4.98 Å². The van der Waals surface area contributed by atoms with Gasteiger partial charge in [-0.2, -0.15) is 0 Å². The Morgan fingerprint density at radius 1 is 1.23 bits per heavy atom. The molecule has 1 N–H and O–H groups in total. The van der Waals surface area contributed by atoms with Crippen molar-refractivity contribution in [3.63, 3.8) is 0 Å². The number of hydrogen-bond donors (Lipinski definition) is 1. The molecule has 0 atom stereocenters. The molecule has 4 rings (SSSR count). The quantitative estimate of drug-likeness (QED) is 0.787. The highest BCUT2D eigenvalue weighted by atomic mass is 16.5. The third-order valence-electron chi connectivity index (χ3n) is 4.55. The van der Waals surface area contributed by atoms with E-state index < -0.39 is 5.97 Å². The molecule has 0 amide bonds. The third kappa shape index (κ3) is 2.65. The first-order chi connectivity index (χ1) is 12.6. The summed E-state index contributed by atoms with van der Waals surface area (Å²) in [5.74, 6) is 0.338. The van der Waals surface area contributed by atoms with Crippen LogP contribution in [0.15, 0.2) is 47.3 Å². The summed E-state index contributed by atoms with van der Waals surface area (Å²) in [6.45, 7) is 0.569. The number of methoxy groups -OCH3 is 1. The fourth-order valence-corrected chi connectivity index (χ4v) is 3.19. The van der Waals surface area contributed by atoms with Crippen LogP contribution in [0.1, 0.15) is 28.2 Å². The van der Waals surface area contributed by atoms with Gasteiger partial charge in [0.25, 0.3) is 5.56 Å². The highest BCUT2D eigenvalue weighted by molar-refractivity contribution is 5.93. The van der Waals surface area contributed by atoms with Crippen LogP contribution in [0.4, 0.5) is 0 Å². The molecule has 0 spiro atoms. The van der Waals surface area contributed by atoms with Crippen LogP contribution in [0.5, 0.6) is 5.75 Å². The topological polar surface area (TPSA) is 81.4 Å². The van der Waals surface area contributed by atoms with Gasteiger partial charge in [0.2, 0.25) is 0 Å². The zero-order chi connectivity index (χ0) is 18.3. The Morgan fingerprint density at radius 3 is 2.69 bits per heavy atom. The van der Waals surface area contributed by atoms with Gasteiger partial charge in [0.05, 0.1) is 23.6 Å². The number of allylic oxidation sites excluding steroid dienone is 1. The SMILES string of the molecule is COc1ccc(C=C2CCn3c2nc2cc(C(=O)O)ccc2c3=O)cc1. The molecular weight excluding hydrogens is 332 g/mol. The summed E-state index contributed by atoms with van der Waals surface area (Å²) in [7, 11) is 1.62. The van der Waals surface area contributed by atoms with Gasteiger partial charge in [0.1, 0.15) is 11.6 Å². The molecule has 130 valence electrons. The van der Waals surface area contributed by atoms with E-state index in [1.165, 1.54) is 18.2 Å². The second kappa shape index (κ2) is 6.15. The van der Waals surface area contributed by atoms with E-state index in [0.717, 1.165) is 16.9 Å². The lowest BCUT2D eigenvalue weighted by Gasteiger charge is -2.06. The Hall–Kier alpha value is -3.41. The summed E-state index contributed by atoms with van der Waals surface area (Å²) in [6, 6.07) is 12.1. The van der Waals surface area contributed by atoms with Gasteiger partial charge in [0, 0.05) is 6.54 Å². The lowest BCUT2D eigenvalue weighted by Crippen LogP contribution is -2.20. The van der Waals surface area contributed by atoms with Crippen molar-refractivity contribution < 1.29 is 14.6 Å². The second-order valence-corrected chi connectivity index (χ2v) is 6.12. The summed E-state index contributed by atoms with van der Waals surface area (Å²) < 4.78 is 6.81. The molecule has 3 aromatic rings. The predicted molar refractivity (Wildman–Crippen MR) is 98.4 cm³/mol. The van der Waals surface area contributed by atoms with E-state index in [-0.39, 0.29) is 11.1 Å². The number of carboxylic acid groups (broad SMARTS) is 1. The number of benzene rings is 2. The second-order valence-electron chi connectivity index (χ2n) is 6.12. The Morgan fingerprint density at radius 2 is 2.00 bits per heavy atom. The summed E-state index contributed by atoms with van der Waals surface area (Å²) in [5.41, 5.74) is 2.33. The molecule has 26 heavy (non-hydrogen) atoms.